The van der Waals surface area contributed by atoms with Gasteiger partial charge in [-0.25, -0.2) is 0 Å². The molecule has 0 aliphatic carbocycles. The van der Waals surface area contributed by atoms with Crippen molar-refractivity contribution >= 4 is 17.4 Å². The van der Waals surface area contributed by atoms with Crippen molar-refractivity contribution in [1.82, 2.24) is 10.2 Å². The Kier molecular flexibility index (Phi) is 7.30. The van der Waals surface area contributed by atoms with Crippen LogP contribution in [0.15, 0.2) is 48.5 Å². The number of ether oxygens (including phenoxy) is 1. The molecule has 0 aromatic heterocycles. The van der Waals surface area contributed by atoms with Crippen LogP contribution in [0.4, 0.5) is 5.69 Å². The van der Waals surface area contributed by atoms with Crippen molar-refractivity contribution in [3.63, 3.8) is 0 Å². The Labute approximate surface area is 196 Å². The van der Waals surface area contributed by atoms with E-state index in [1.807, 2.05) is 35.2 Å². The van der Waals surface area contributed by atoms with Crippen LogP contribution in [-0.4, -0.2) is 54.9 Å². The lowest BCUT2D eigenvalue weighted by Crippen LogP contribution is -2.48. The maximum absolute atomic E-state index is 13.4. The summed E-state index contributed by atoms with van der Waals surface area (Å²) in [7, 11) is 0. The predicted molar refractivity (Wildman–Crippen MR) is 132 cm³/mol. The van der Waals surface area contributed by atoms with Gasteiger partial charge in [0, 0.05) is 49.4 Å². The molecule has 1 amide bonds. The topological polar surface area (TPSA) is 94.7 Å². The van der Waals surface area contributed by atoms with E-state index in [0.717, 1.165) is 18.8 Å². The van der Waals surface area contributed by atoms with Crippen LogP contribution in [0.3, 0.4) is 0 Å². The van der Waals surface area contributed by atoms with Crippen molar-refractivity contribution in [2.45, 2.75) is 51.3 Å². The van der Waals surface area contributed by atoms with E-state index < -0.39 is 6.10 Å². The molecular weight excluding hydrogens is 414 g/mol. The third kappa shape index (κ3) is 5.20. The molecule has 0 radical (unpaired) electrons. The highest BCUT2D eigenvalue weighted by atomic mass is 16.5. The van der Waals surface area contributed by atoms with Gasteiger partial charge in [-0.2, -0.15) is 0 Å². The molecule has 4 N–H and O–H groups in total. The monoisotopic (exact) mass is 449 g/mol. The lowest BCUT2D eigenvalue weighted by molar-refractivity contribution is -0.126. The maximum Gasteiger partial charge on any atom is 0.272 e. The highest BCUT2D eigenvalue weighted by molar-refractivity contribution is 6.01. The summed E-state index contributed by atoms with van der Waals surface area (Å²) < 4.78 is 6.10. The number of likely N-dealkylation sites (tertiary alicyclic amines) is 1. The van der Waals surface area contributed by atoms with E-state index in [-0.39, 0.29) is 11.7 Å². The number of amidine groups is 1. The first-order valence-corrected chi connectivity index (χ1v) is 11.9. The number of benzene rings is 2. The molecule has 1 unspecified atom stereocenters. The molecule has 2 aliphatic rings. The number of piperidine rings is 1. The van der Waals surface area contributed by atoms with Gasteiger partial charge in [0.1, 0.15) is 11.6 Å². The first kappa shape index (κ1) is 23.3. The quantitative estimate of drug-likeness (QED) is 0.327. The van der Waals surface area contributed by atoms with Gasteiger partial charge in [-0.15, -0.1) is 0 Å². The third-order valence-corrected chi connectivity index (χ3v) is 6.83. The van der Waals surface area contributed by atoms with E-state index in [0.29, 0.717) is 42.0 Å². The van der Waals surface area contributed by atoms with Crippen LogP contribution in [0.25, 0.3) is 0 Å². The second-order valence-corrected chi connectivity index (χ2v) is 9.11. The van der Waals surface area contributed by atoms with E-state index in [9.17, 15) is 4.79 Å². The second kappa shape index (κ2) is 10.4. The Balaban J connectivity index is 1.42. The minimum Gasteiger partial charge on any atom is -0.474 e. The molecule has 4 rings (SSSR count). The first-order chi connectivity index (χ1) is 16.0. The molecule has 0 saturated carbocycles. The number of para-hydroxylation sites is 2. The van der Waals surface area contributed by atoms with E-state index in [2.05, 4.69) is 24.1 Å². The number of fused-ring (bicyclic) bond motifs is 1. The molecule has 2 aliphatic heterocycles. The van der Waals surface area contributed by atoms with E-state index >= 15 is 0 Å². The lowest BCUT2D eigenvalue weighted by Gasteiger charge is -2.39. The molecule has 2 heterocycles. The van der Waals surface area contributed by atoms with Gasteiger partial charge in [0.2, 0.25) is 6.10 Å². The van der Waals surface area contributed by atoms with Gasteiger partial charge in [0.25, 0.3) is 5.91 Å². The number of hydrogen-bond acceptors (Lipinski definition) is 5. The van der Waals surface area contributed by atoms with Crippen molar-refractivity contribution in [1.29, 1.82) is 5.41 Å². The van der Waals surface area contributed by atoms with Crippen LogP contribution in [0, 0.1) is 5.41 Å². The molecule has 7 nitrogen and oxygen atoms in total. The maximum atomic E-state index is 13.4. The molecule has 2 aromatic carbocycles. The number of amides is 1. The minimum absolute atomic E-state index is 0.0288. The van der Waals surface area contributed by atoms with E-state index in [4.69, 9.17) is 15.9 Å². The number of hydrogen-bond donors (Lipinski definition) is 3. The Morgan fingerprint density at radius 3 is 2.58 bits per heavy atom. The molecule has 2 aromatic rings. The number of nitrogens with two attached hydrogens (primary N) is 1. The summed E-state index contributed by atoms with van der Waals surface area (Å²) in [5.74, 6) is 0.555. The Morgan fingerprint density at radius 1 is 1.09 bits per heavy atom. The highest BCUT2D eigenvalue weighted by Crippen LogP contribution is 2.38. The van der Waals surface area contributed by atoms with Gasteiger partial charge in [-0.3, -0.25) is 15.1 Å². The average molecular weight is 450 g/mol. The van der Waals surface area contributed by atoms with Crippen LogP contribution in [0.5, 0.6) is 5.75 Å². The van der Waals surface area contributed by atoms with Crippen LogP contribution in [0.2, 0.25) is 0 Å². The Hall–Kier alpha value is -2.90. The third-order valence-electron chi connectivity index (χ3n) is 6.83. The predicted octanol–water partition coefficient (Wildman–Crippen LogP) is 3.29. The summed E-state index contributed by atoms with van der Waals surface area (Å²) in [5.41, 5.74) is 7.73. The molecule has 7 heteroatoms. The Morgan fingerprint density at radius 2 is 1.82 bits per heavy atom. The summed E-state index contributed by atoms with van der Waals surface area (Å²) in [4.78, 5) is 17.8. The molecule has 1 fully saturated rings. The fourth-order valence-corrected chi connectivity index (χ4v) is 4.97. The van der Waals surface area contributed by atoms with Gasteiger partial charge < -0.3 is 20.7 Å². The second-order valence-electron chi connectivity index (χ2n) is 9.11. The molecule has 3 atom stereocenters. The van der Waals surface area contributed by atoms with Gasteiger partial charge in [-0.05, 0) is 44.9 Å². The molecule has 1 saturated heterocycles. The summed E-state index contributed by atoms with van der Waals surface area (Å²) >= 11 is 0. The fourth-order valence-electron chi connectivity index (χ4n) is 4.97. The molecule has 176 valence electrons. The fraction of sp³-hybridized carbons (Fsp3) is 0.462. The number of nitrogen functional groups attached to an aromatic ring is 1. The number of anilines is 1. The lowest BCUT2D eigenvalue weighted by atomic mass is 9.98. The summed E-state index contributed by atoms with van der Waals surface area (Å²) in [6.07, 6.45) is 3.11. The van der Waals surface area contributed by atoms with Gasteiger partial charge in [0.15, 0.2) is 0 Å². The number of carbonyl (C=O) groups is 1. The summed E-state index contributed by atoms with van der Waals surface area (Å²) in [6, 6.07) is 16.1. The van der Waals surface area contributed by atoms with Crippen LogP contribution in [0.1, 0.15) is 50.3 Å². The SMILES string of the molecule is C[C@@H]1CCC[C@H](C)N1CCNCCN1C(=O)C(c2cccc(C(=N)N)c2)Oc2ccccc21. The minimum atomic E-state index is -0.755. The van der Waals surface area contributed by atoms with E-state index in [1.54, 1.807) is 18.2 Å². The zero-order valence-electron chi connectivity index (χ0n) is 19.6. The molecule has 0 bridgehead atoms. The van der Waals surface area contributed by atoms with Crippen molar-refractivity contribution in [3.05, 3.63) is 59.7 Å². The normalized spacial score (nSPS) is 23.2. The number of carbonyl (C=O) groups excluding carboxylic acids is 1. The van der Waals surface area contributed by atoms with Crippen LogP contribution < -0.4 is 20.7 Å². The summed E-state index contributed by atoms with van der Waals surface area (Å²) in [5, 5.41) is 11.2. The van der Waals surface area contributed by atoms with Crippen molar-refractivity contribution in [2.24, 2.45) is 5.73 Å². The van der Waals surface area contributed by atoms with Crippen molar-refractivity contribution in [2.75, 3.05) is 31.1 Å². The molecular formula is C26H35N5O2. The molecule has 0 spiro atoms. The average Bonchev–Trinajstić information content (AvgIpc) is 2.81. The zero-order valence-corrected chi connectivity index (χ0v) is 19.6. The summed E-state index contributed by atoms with van der Waals surface area (Å²) in [6.45, 7) is 7.83. The van der Waals surface area contributed by atoms with Crippen molar-refractivity contribution < 1.29 is 9.53 Å². The standard InChI is InChI=1S/C26H35N5O2/c1-18-7-5-8-19(2)30(18)15-13-29-14-16-31-22-11-3-4-12-23(22)33-24(26(31)32)20-9-6-10-21(17-20)25(27)28/h3-4,6,9-12,17-19,24,29H,5,7-8,13-16H2,1-2H3,(H3,27,28)/t18-,19+,24?. The largest absolute Gasteiger partial charge is 0.474 e. The number of nitrogens with zero attached hydrogens (tertiary/aromatic N) is 2. The smallest absolute Gasteiger partial charge is 0.272 e. The Bertz CT molecular complexity index is 984. The number of rotatable bonds is 8. The van der Waals surface area contributed by atoms with Crippen LogP contribution in [-0.2, 0) is 4.79 Å². The number of nitrogens with one attached hydrogen (secondary N) is 2. The molecule has 33 heavy (non-hydrogen) atoms. The van der Waals surface area contributed by atoms with Gasteiger partial charge in [0.05, 0.1) is 5.69 Å². The highest BCUT2D eigenvalue weighted by Gasteiger charge is 2.35. The van der Waals surface area contributed by atoms with Gasteiger partial charge >= 0.3 is 0 Å². The zero-order chi connectivity index (χ0) is 23.4. The van der Waals surface area contributed by atoms with Crippen molar-refractivity contribution in [3.8, 4) is 5.75 Å². The van der Waals surface area contributed by atoms with E-state index in [1.165, 1.54) is 19.3 Å². The first-order valence-electron chi connectivity index (χ1n) is 11.9. The van der Waals surface area contributed by atoms with Crippen LogP contribution >= 0.6 is 0 Å². The van der Waals surface area contributed by atoms with Gasteiger partial charge in [-0.1, -0.05) is 36.8 Å².